The third-order valence-corrected chi connectivity index (χ3v) is 3.97. The van der Waals surface area contributed by atoms with E-state index >= 15 is 0 Å². The van der Waals surface area contributed by atoms with E-state index in [0.717, 1.165) is 5.65 Å². The zero-order valence-electron chi connectivity index (χ0n) is 12.6. The number of nitrogens with zero attached hydrogens (tertiary/aromatic N) is 4. The van der Waals surface area contributed by atoms with Gasteiger partial charge in [-0.05, 0) is 12.1 Å². The number of hydrogen-bond donors (Lipinski definition) is 0. The molecule has 0 bridgehead atoms. The van der Waals surface area contributed by atoms with Crippen LogP contribution in [0.1, 0.15) is 18.2 Å². The summed E-state index contributed by atoms with van der Waals surface area (Å²) in [6.07, 6.45) is 6.17. The van der Waals surface area contributed by atoms with E-state index in [1.165, 1.54) is 0 Å². The molecule has 0 spiro atoms. The first kappa shape index (κ1) is 14.2. The van der Waals surface area contributed by atoms with Crippen LogP contribution in [0.3, 0.4) is 0 Å². The number of fused-ring (bicyclic) bond motifs is 1. The molecule has 1 fully saturated rings. The van der Waals surface area contributed by atoms with Gasteiger partial charge in [-0.25, -0.2) is 4.98 Å². The molecule has 4 heterocycles. The van der Waals surface area contributed by atoms with Gasteiger partial charge in [0, 0.05) is 32.1 Å². The van der Waals surface area contributed by atoms with Crippen LogP contribution in [0.15, 0.2) is 35.1 Å². The Morgan fingerprint density at radius 2 is 2.30 bits per heavy atom. The number of hydrogen-bond acceptors (Lipinski definition) is 7. The molecule has 3 aromatic heterocycles. The van der Waals surface area contributed by atoms with Crippen molar-refractivity contribution in [2.75, 3.05) is 20.3 Å². The standard InChI is InChI=1S/C15H16N4O4/c1-20-15(4-8-21-10-15)14-18-17-12(23-14)9-22-11-3-2-6-19-7-5-16-13(11)19/h2-3,5-7H,4,8-10H2,1H3. The van der Waals surface area contributed by atoms with Gasteiger partial charge in [0.25, 0.3) is 11.8 Å². The predicted molar refractivity (Wildman–Crippen MR) is 77.9 cm³/mol. The third-order valence-electron chi connectivity index (χ3n) is 3.97. The second-order valence-corrected chi connectivity index (χ2v) is 5.32. The maximum atomic E-state index is 5.75. The molecule has 1 saturated heterocycles. The van der Waals surface area contributed by atoms with Gasteiger partial charge in [0.05, 0.1) is 13.2 Å². The molecule has 0 radical (unpaired) electrons. The molecule has 0 amide bonds. The Morgan fingerprint density at radius 3 is 3.13 bits per heavy atom. The summed E-state index contributed by atoms with van der Waals surface area (Å²) < 4.78 is 24.3. The summed E-state index contributed by atoms with van der Waals surface area (Å²) in [5, 5.41) is 8.12. The lowest BCUT2D eigenvalue weighted by atomic mass is 10.0. The smallest absolute Gasteiger partial charge is 0.254 e. The van der Waals surface area contributed by atoms with E-state index in [1.54, 1.807) is 13.3 Å². The van der Waals surface area contributed by atoms with Crippen LogP contribution in [0.25, 0.3) is 5.65 Å². The average Bonchev–Trinajstić information content (AvgIpc) is 3.31. The Labute approximate surface area is 132 Å². The van der Waals surface area contributed by atoms with Crippen molar-refractivity contribution < 1.29 is 18.6 Å². The Hall–Kier alpha value is -2.45. The van der Waals surface area contributed by atoms with E-state index < -0.39 is 5.60 Å². The zero-order valence-corrected chi connectivity index (χ0v) is 12.6. The summed E-state index contributed by atoms with van der Waals surface area (Å²) in [6.45, 7) is 1.20. The zero-order chi connectivity index (χ0) is 15.7. The van der Waals surface area contributed by atoms with Crippen molar-refractivity contribution in [3.8, 4) is 5.75 Å². The van der Waals surface area contributed by atoms with Crippen LogP contribution in [0, 0.1) is 0 Å². The van der Waals surface area contributed by atoms with E-state index in [2.05, 4.69) is 15.2 Å². The van der Waals surface area contributed by atoms with Gasteiger partial charge in [-0.3, -0.25) is 0 Å². The van der Waals surface area contributed by atoms with Crippen LogP contribution in [0.4, 0.5) is 0 Å². The lowest BCUT2D eigenvalue weighted by Gasteiger charge is -2.20. The highest BCUT2D eigenvalue weighted by molar-refractivity contribution is 5.53. The summed E-state index contributed by atoms with van der Waals surface area (Å²) in [4.78, 5) is 4.26. The number of imidazole rings is 1. The normalized spacial score (nSPS) is 21.1. The Morgan fingerprint density at radius 1 is 1.35 bits per heavy atom. The Kier molecular flexibility index (Phi) is 3.47. The minimum absolute atomic E-state index is 0.167. The number of rotatable bonds is 5. The average molecular weight is 316 g/mol. The highest BCUT2D eigenvalue weighted by atomic mass is 16.6. The molecule has 0 aliphatic carbocycles. The number of pyridine rings is 1. The first-order valence-electron chi connectivity index (χ1n) is 7.31. The fraction of sp³-hybridized carbons (Fsp3) is 0.400. The molecule has 120 valence electrons. The van der Waals surface area contributed by atoms with E-state index in [4.69, 9.17) is 18.6 Å². The van der Waals surface area contributed by atoms with Gasteiger partial charge in [0.15, 0.2) is 23.6 Å². The highest BCUT2D eigenvalue weighted by Crippen LogP contribution is 2.33. The van der Waals surface area contributed by atoms with Crippen molar-refractivity contribution >= 4 is 5.65 Å². The van der Waals surface area contributed by atoms with E-state index in [0.29, 0.717) is 37.2 Å². The third kappa shape index (κ3) is 2.45. The van der Waals surface area contributed by atoms with E-state index in [1.807, 2.05) is 28.9 Å². The quantitative estimate of drug-likeness (QED) is 0.706. The fourth-order valence-corrected chi connectivity index (χ4v) is 2.63. The van der Waals surface area contributed by atoms with Crippen LogP contribution < -0.4 is 4.74 Å². The van der Waals surface area contributed by atoms with Crippen molar-refractivity contribution in [2.45, 2.75) is 18.6 Å². The molecule has 8 nitrogen and oxygen atoms in total. The van der Waals surface area contributed by atoms with E-state index in [9.17, 15) is 0 Å². The first-order chi connectivity index (χ1) is 11.3. The molecule has 8 heteroatoms. The summed E-state index contributed by atoms with van der Waals surface area (Å²) in [5.74, 6) is 1.47. The van der Waals surface area contributed by atoms with Gasteiger partial charge in [0.2, 0.25) is 0 Å². The van der Waals surface area contributed by atoms with Gasteiger partial charge in [-0.15, -0.1) is 10.2 Å². The largest absolute Gasteiger partial charge is 0.480 e. The topological polar surface area (TPSA) is 83.9 Å². The summed E-state index contributed by atoms with van der Waals surface area (Å²) in [5.41, 5.74) is 0.0961. The molecular weight excluding hydrogens is 300 g/mol. The van der Waals surface area contributed by atoms with E-state index in [-0.39, 0.29) is 6.61 Å². The second kappa shape index (κ2) is 5.64. The second-order valence-electron chi connectivity index (χ2n) is 5.32. The number of methoxy groups -OCH3 is 1. The van der Waals surface area contributed by atoms with Crippen molar-refractivity contribution in [1.82, 2.24) is 19.6 Å². The van der Waals surface area contributed by atoms with Crippen LogP contribution in [-0.2, 0) is 21.7 Å². The molecule has 1 unspecified atom stereocenters. The molecule has 3 aromatic rings. The monoisotopic (exact) mass is 316 g/mol. The van der Waals surface area contributed by atoms with Gasteiger partial charge in [0.1, 0.15) is 0 Å². The molecule has 4 rings (SSSR count). The lowest BCUT2D eigenvalue weighted by Crippen LogP contribution is -2.29. The van der Waals surface area contributed by atoms with Crippen molar-refractivity contribution in [3.05, 3.63) is 42.5 Å². The van der Waals surface area contributed by atoms with Crippen molar-refractivity contribution in [1.29, 1.82) is 0 Å². The molecule has 1 aliphatic heterocycles. The molecule has 1 atom stereocenters. The number of aromatic nitrogens is 4. The maximum absolute atomic E-state index is 5.75. The molecule has 0 N–H and O–H groups in total. The minimum Gasteiger partial charge on any atom is -0.480 e. The fourth-order valence-electron chi connectivity index (χ4n) is 2.63. The van der Waals surface area contributed by atoms with Crippen LogP contribution in [0.5, 0.6) is 5.75 Å². The molecule has 23 heavy (non-hydrogen) atoms. The lowest BCUT2D eigenvalue weighted by molar-refractivity contribution is -0.0420. The van der Waals surface area contributed by atoms with Gasteiger partial charge >= 0.3 is 0 Å². The summed E-state index contributed by atoms with van der Waals surface area (Å²) in [6, 6.07) is 3.74. The molecule has 0 saturated carbocycles. The molecular formula is C15H16N4O4. The molecule has 1 aliphatic rings. The minimum atomic E-state index is -0.644. The first-order valence-corrected chi connectivity index (χ1v) is 7.31. The highest BCUT2D eigenvalue weighted by Gasteiger charge is 2.42. The maximum Gasteiger partial charge on any atom is 0.254 e. The van der Waals surface area contributed by atoms with Gasteiger partial charge in [-0.2, -0.15) is 0 Å². The van der Waals surface area contributed by atoms with Crippen LogP contribution in [0.2, 0.25) is 0 Å². The van der Waals surface area contributed by atoms with Crippen LogP contribution in [-0.4, -0.2) is 39.9 Å². The molecule has 0 aromatic carbocycles. The van der Waals surface area contributed by atoms with Crippen molar-refractivity contribution in [3.63, 3.8) is 0 Å². The summed E-state index contributed by atoms with van der Waals surface area (Å²) in [7, 11) is 1.62. The Balaban J connectivity index is 1.51. The summed E-state index contributed by atoms with van der Waals surface area (Å²) >= 11 is 0. The Bertz CT molecular complexity index is 807. The van der Waals surface area contributed by atoms with Crippen LogP contribution >= 0.6 is 0 Å². The number of ether oxygens (including phenoxy) is 3. The van der Waals surface area contributed by atoms with Gasteiger partial charge in [-0.1, -0.05) is 0 Å². The van der Waals surface area contributed by atoms with Gasteiger partial charge < -0.3 is 23.0 Å². The predicted octanol–water partition coefficient (Wildman–Crippen LogP) is 1.56. The van der Waals surface area contributed by atoms with Crippen molar-refractivity contribution in [2.24, 2.45) is 0 Å². The SMILES string of the molecule is COC1(c2nnc(COc3cccn4ccnc34)o2)CCOC1.